The Labute approximate surface area is 411 Å². The lowest BCUT2D eigenvalue weighted by Crippen LogP contribution is -2.53. The second kappa shape index (κ2) is 23.7. The second-order valence-electron chi connectivity index (χ2n) is 19.3. The van der Waals surface area contributed by atoms with Crippen LogP contribution in [0.15, 0.2) is 72.9 Å². The molecule has 0 saturated carbocycles. The number of imide groups is 1. The normalized spacial score (nSPS) is 15.9. The maximum Gasteiger partial charge on any atom is 0.410 e. The lowest BCUT2D eigenvalue weighted by molar-refractivity contribution is -0.146. The van der Waals surface area contributed by atoms with Gasteiger partial charge in [-0.25, -0.2) is 22.9 Å². The number of halogens is 3. The summed E-state index contributed by atoms with van der Waals surface area (Å²) in [4.78, 5) is 97.2. The topological polar surface area (TPSA) is 213 Å². The van der Waals surface area contributed by atoms with E-state index in [1.807, 2.05) is 27.7 Å². The van der Waals surface area contributed by atoms with E-state index in [9.17, 15) is 43.1 Å². The Morgan fingerprint density at radius 3 is 2.18 bits per heavy atom. The van der Waals surface area contributed by atoms with Gasteiger partial charge >= 0.3 is 6.09 Å². The van der Waals surface area contributed by atoms with Crippen LogP contribution in [0.5, 0.6) is 0 Å². The first-order valence-corrected chi connectivity index (χ1v) is 23.2. The minimum absolute atomic E-state index is 0.0851. The molecule has 17 nitrogen and oxygen atoms in total. The van der Waals surface area contributed by atoms with Crippen molar-refractivity contribution >= 4 is 47.2 Å². The van der Waals surface area contributed by atoms with Crippen LogP contribution in [0.1, 0.15) is 83.9 Å². The summed E-state index contributed by atoms with van der Waals surface area (Å²) >= 11 is 0. The predicted molar refractivity (Wildman–Crippen MR) is 257 cm³/mol. The molecule has 0 radical (unpaired) electrons. The van der Waals surface area contributed by atoms with Gasteiger partial charge in [0, 0.05) is 56.8 Å². The van der Waals surface area contributed by atoms with Crippen LogP contribution >= 0.6 is 0 Å². The number of aromatic nitrogens is 2. The van der Waals surface area contributed by atoms with Crippen LogP contribution in [0.4, 0.5) is 23.7 Å². The molecule has 2 heterocycles. The summed E-state index contributed by atoms with van der Waals surface area (Å²) < 4.78 is 53.1. The van der Waals surface area contributed by atoms with E-state index in [0.717, 1.165) is 24.3 Å². The predicted octanol–water partition coefficient (Wildman–Crippen LogP) is 5.68. The highest BCUT2D eigenvalue weighted by atomic mass is 19.1. The standard InChI is InChI=1S/C51H63F3N8O9/c1-29(2)45(58-44(67)27-61(32(5)64)33(6)65)48(68)55-21-43(66)56-38-16-14-34(15-17-38)28-71-50(70)60-23-36(41(54)25-60)24-62(49(69)31(4)63)46(51(7,8)9)47-57-42(39-19-30(3)13-18-40(39)53)26-59(47)22-35-11-10-12-37(52)20-35/h10-20,26,29,31,36,41,45-46,63H,21-25,27-28H2,1-9H3,(H,55,68)(H,56,66)(H,58,67)/t31-,36?,41?,45?,46?/m0/s1. The molecule has 4 unspecified atom stereocenters. The van der Waals surface area contributed by atoms with E-state index in [1.165, 1.54) is 34.9 Å². The van der Waals surface area contributed by atoms with Crippen LogP contribution in [0, 0.1) is 35.8 Å². The Bertz CT molecular complexity index is 2580. The van der Waals surface area contributed by atoms with Gasteiger partial charge in [0.05, 0.1) is 24.8 Å². The number of alkyl halides is 1. The molecule has 0 spiro atoms. The molecular formula is C51H63F3N8O9. The minimum atomic E-state index is -1.60. The Kier molecular flexibility index (Phi) is 18.3. The number of aliphatic hydroxyl groups excluding tert-OH is 1. The number of aryl methyl sites for hydroxylation is 1. The number of anilines is 1. The first kappa shape index (κ1) is 54.8. The molecule has 1 fully saturated rings. The molecule has 20 heteroatoms. The van der Waals surface area contributed by atoms with Gasteiger partial charge in [-0.3, -0.25) is 33.7 Å². The first-order chi connectivity index (χ1) is 33.3. The summed E-state index contributed by atoms with van der Waals surface area (Å²) in [5.41, 5.74) is 1.85. The molecule has 1 aliphatic rings. The van der Waals surface area contributed by atoms with Crippen LogP contribution in [0.2, 0.25) is 0 Å². The maximum absolute atomic E-state index is 16.1. The number of carbonyl (C=O) groups is 7. The first-order valence-electron chi connectivity index (χ1n) is 23.2. The highest BCUT2D eigenvalue weighted by Crippen LogP contribution is 2.41. The summed E-state index contributed by atoms with van der Waals surface area (Å²) in [6.45, 7) is 12.4. The molecular weight excluding hydrogens is 926 g/mol. The molecule has 5 rings (SSSR count). The zero-order valence-corrected chi connectivity index (χ0v) is 41.4. The average molecular weight is 989 g/mol. The highest BCUT2D eigenvalue weighted by molar-refractivity contribution is 5.99. The molecule has 1 saturated heterocycles. The van der Waals surface area contributed by atoms with E-state index in [0.29, 0.717) is 22.6 Å². The van der Waals surface area contributed by atoms with Crippen molar-refractivity contribution in [3.8, 4) is 11.3 Å². The monoisotopic (exact) mass is 988 g/mol. The maximum atomic E-state index is 16.1. The Hall–Kier alpha value is -7.09. The van der Waals surface area contributed by atoms with Gasteiger partial charge in [0.1, 0.15) is 48.9 Å². The quantitative estimate of drug-likeness (QED) is 0.0958. The highest BCUT2D eigenvalue weighted by Gasteiger charge is 2.44. The van der Waals surface area contributed by atoms with Gasteiger partial charge < -0.3 is 40.2 Å². The fourth-order valence-corrected chi connectivity index (χ4v) is 8.28. The zero-order chi connectivity index (χ0) is 52.5. The molecule has 1 aromatic heterocycles. The molecule has 1 aliphatic heterocycles. The molecule has 0 aliphatic carbocycles. The van der Waals surface area contributed by atoms with Crippen LogP contribution < -0.4 is 16.0 Å². The third-order valence-corrected chi connectivity index (χ3v) is 11.9. The van der Waals surface area contributed by atoms with Gasteiger partial charge in [-0.1, -0.05) is 70.5 Å². The number of nitrogens with zero attached hydrogens (tertiary/aromatic N) is 5. The van der Waals surface area contributed by atoms with Gasteiger partial charge in [0.2, 0.25) is 29.5 Å². The van der Waals surface area contributed by atoms with E-state index in [1.54, 1.807) is 73.1 Å². The van der Waals surface area contributed by atoms with Crippen LogP contribution in [0.3, 0.4) is 0 Å². The molecule has 0 bridgehead atoms. The fourth-order valence-electron chi connectivity index (χ4n) is 8.28. The summed E-state index contributed by atoms with van der Waals surface area (Å²) in [6, 6.07) is 14.8. The van der Waals surface area contributed by atoms with Crippen molar-refractivity contribution in [2.24, 2.45) is 17.3 Å². The number of aliphatic hydroxyl groups is 1. The third kappa shape index (κ3) is 14.7. The van der Waals surface area contributed by atoms with E-state index in [2.05, 4.69) is 16.0 Å². The summed E-state index contributed by atoms with van der Waals surface area (Å²) in [6.07, 6.45) is -2.30. The Morgan fingerprint density at radius 2 is 1.58 bits per heavy atom. The van der Waals surface area contributed by atoms with Crippen molar-refractivity contribution in [3.05, 3.63) is 107 Å². The number of likely N-dealkylation sites (tertiary alicyclic amines) is 1. The molecule has 382 valence electrons. The van der Waals surface area contributed by atoms with E-state index < -0.39 is 108 Å². The lowest BCUT2D eigenvalue weighted by Gasteiger charge is -2.41. The number of amides is 7. The number of imidazole rings is 1. The van der Waals surface area contributed by atoms with Crippen LogP contribution in [-0.4, -0.2) is 122 Å². The average Bonchev–Trinajstić information content (AvgIpc) is 3.87. The second-order valence-corrected chi connectivity index (χ2v) is 19.3. The van der Waals surface area contributed by atoms with Crippen molar-refractivity contribution < 1.29 is 56.6 Å². The van der Waals surface area contributed by atoms with Gasteiger partial charge in [0.25, 0.3) is 5.91 Å². The number of carbonyl (C=O) groups excluding carboxylic acids is 7. The number of benzene rings is 3. The van der Waals surface area contributed by atoms with Crippen molar-refractivity contribution in [1.82, 2.24) is 34.9 Å². The van der Waals surface area contributed by atoms with Gasteiger partial charge in [-0.2, -0.15) is 0 Å². The zero-order valence-electron chi connectivity index (χ0n) is 41.4. The number of hydrogen-bond donors (Lipinski definition) is 4. The number of nitrogens with one attached hydrogen (secondary N) is 3. The third-order valence-electron chi connectivity index (χ3n) is 11.9. The Balaban J connectivity index is 1.23. The van der Waals surface area contributed by atoms with E-state index >= 15 is 8.78 Å². The largest absolute Gasteiger partial charge is 0.445 e. The molecule has 4 aromatic rings. The SMILES string of the molecule is CC(=O)N(CC(=O)NC(C(=O)NCC(=O)Nc1ccc(COC(=O)N2CC(F)C(CN(C(=O)[C@H](C)O)C(c3nc(-c4cc(C)ccc4F)cn3Cc3cccc(F)c3)C(C)(C)C)C2)cc1)C(C)C)C(C)=O. The lowest BCUT2D eigenvalue weighted by atomic mass is 9.84. The minimum Gasteiger partial charge on any atom is -0.445 e. The number of hydrogen-bond acceptors (Lipinski definition) is 10. The molecule has 71 heavy (non-hydrogen) atoms. The van der Waals surface area contributed by atoms with E-state index in [-0.39, 0.29) is 44.0 Å². The smallest absolute Gasteiger partial charge is 0.410 e. The molecule has 4 N–H and O–H groups in total. The van der Waals surface area contributed by atoms with E-state index in [4.69, 9.17) is 9.72 Å². The Morgan fingerprint density at radius 1 is 0.901 bits per heavy atom. The summed E-state index contributed by atoms with van der Waals surface area (Å²) in [5.74, 6) is -5.99. The van der Waals surface area contributed by atoms with Gasteiger partial charge in [-0.05, 0) is 72.7 Å². The number of rotatable bonds is 18. The summed E-state index contributed by atoms with van der Waals surface area (Å²) in [7, 11) is 0. The van der Waals surface area contributed by atoms with Crippen molar-refractivity contribution in [2.45, 2.75) is 99.8 Å². The summed E-state index contributed by atoms with van der Waals surface area (Å²) in [5, 5.41) is 18.3. The van der Waals surface area contributed by atoms with Crippen molar-refractivity contribution in [1.29, 1.82) is 0 Å². The molecule has 3 aromatic carbocycles. The fraction of sp³-hybridized carbons (Fsp3) is 0.451. The molecule has 7 amide bonds. The van der Waals surface area contributed by atoms with Crippen molar-refractivity contribution in [3.63, 3.8) is 0 Å². The van der Waals surface area contributed by atoms with Crippen LogP contribution in [0.25, 0.3) is 11.3 Å². The number of ether oxygens (including phenoxy) is 1. The van der Waals surface area contributed by atoms with Crippen LogP contribution in [-0.2, 0) is 46.7 Å². The van der Waals surface area contributed by atoms with Gasteiger partial charge in [0.15, 0.2) is 0 Å². The van der Waals surface area contributed by atoms with Gasteiger partial charge in [-0.15, -0.1) is 0 Å². The molecule has 5 atom stereocenters. The van der Waals surface area contributed by atoms with Crippen molar-refractivity contribution in [2.75, 3.05) is 38.0 Å².